The number of amides is 3. The molecule has 1 saturated heterocycles. The monoisotopic (exact) mass is 436 g/mol. The second kappa shape index (κ2) is 8.74. The molecular formula is C22H31N3O6. The van der Waals surface area contributed by atoms with Crippen molar-refractivity contribution in [2.45, 2.75) is 58.2 Å². The summed E-state index contributed by atoms with van der Waals surface area (Å²) in [5.74, 6) is -2.45. The molecule has 1 fully saturated rings. The van der Waals surface area contributed by atoms with Gasteiger partial charge in [0.25, 0.3) is 11.8 Å². The minimum atomic E-state index is -2.66. The fourth-order valence-electron chi connectivity index (χ4n) is 3.76. The average Bonchev–Trinajstić information content (AvgIpc) is 2.80. The number of carbonyl (C=O) groups is 3. The third-order valence-corrected chi connectivity index (χ3v) is 5.61. The predicted octanol–water partition coefficient (Wildman–Crippen LogP) is 2.20. The van der Waals surface area contributed by atoms with Gasteiger partial charge in [-0.05, 0) is 17.5 Å². The molecular weight excluding hydrogens is 402 g/mol. The van der Waals surface area contributed by atoms with Gasteiger partial charge >= 0.3 is 6.09 Å². The molecule has 9 heteroatoms. The van der Waals surface area contributed by atoms with E-state index in [1.807, 2.05) is 0 Å². The van der Waals surface area contributed by atoms with Crippen molar-refractivity contribution in [2.24, 2.45) is 17.1 Å². The Morgan fingerprint density at radius 1 is 1.32 bits per heavy atom. The highest BCUT2D eigenvalue weighted by atomic mass is 16.6. The number of hydrogen-bond donors (Lipinski definition) is 3. The van der Waals surface area contributed by atoms with Gasteiger partial charge in [0.05, 0.1) is 18.9 Å². The van der Waals surface area contributed by atoms with Crippen molar-refractivity contribution in [3.8, 4) is 5.75 Å². The number of nitrogens with two attached hydrogens (primary N) is 1. The number of benzene rings is 1. The minimum Gasteiger partial charge on any atom is -0.482 e. The Kier molecular flexibility index (Phi) is 5.33. The molecule has 31 heavy (non-hydrogen) atoms. The molecule has 9 nitrogen and oxygen atoms in total. The van der Waals surface area contributed by atoms with E-state index in [0.29, 0.717) is 37.5 Å². The Morgan fingerprint density at radius 3 is 2.61 bits per heavy atom. The molecule has 3 atom stereocenters. The number of rotatable bonds is 4. The maximum Gasteiger partial charge on any atom is 0.405 e. The number of nitrogens with one attached hydrogen (secondary N) is 2. The summed E-state index contributed by atoms with van der Waals surface area (Å²) in [7, 11) is 0. The highest BCUT2D eigenvalue weighted by Crippen LogP contribution is 2.38. The maximum absolute atomic E-state index is 13.5. The van der Waals surface area contributed by atoms with Gasteiger partial charge < -0.3 is 30.6 Å². The summed E-state index contributed by atoms with van der Waals surface area (Å²) < 4.78 is 40.8. The molecule has 0 bridgehead atoms. The molecule has 0 aromatic heterocycles. The number of carbonyl (C=O) groups excluding carboxylic acids is 3. The van der Waals surface area contributed by atoms with Crippen molar-refractivity contribution in [3.63, 3.8) is 0 Å². The van der Waals surface area contributed by atoms with Crippen molar-refractivity contribution in [1.29, 1.82) is 0 Å². The molecule has 0 radical (unpaired) electrons. The van der Waals surface area contributed by atoms with Crippen LogP contribution in [-0.2, 0) is 19.1 Å². The molecule has 2 aliphatic rings. The highest BCUT2D eigenvalue weighted by Gasteiger charge is 2.50. The summed E-state index contributed by atoms with van der Waals surface area (Å²) >= 11 is 0. The SMILES string of the molecule is [2H]C([2H])([2H])C([C@H](OC(N)=O)C(=O)N[C@@H]1C(=O)Nc2ccccc2OC12CCOCC2)C(C)(C)C. The normalized spacial score (nSPS) is 24.0. The first-order chi connectivity index (χ1) is 15.7. The van der Waals surface area contributed by atoms with E-state index >= 15 is 0 Å². The zero-order valence-electron chi connectivity index (χ0n) is 20.9. The molecule has 170 valence electrons. The fourth-order valence-corrected chi connectivity index (χ4v) is 3.76. The molecule has 0 aliphatic carbocycles. The third-order valence-electron chi connectivity index (χ3n) is 5.61. The molecule has 4 N–H and O–H groups in total. The van der Waals surface area contributed by atoms with E-state index in [9.17, 15) is 14.4 Å². The van der Waals surface area contributed by atoms with Crippen LogP contribution in [0.1, 0.15) is 44.6 Å². The van der Waals surface area contributed by atoms with Gasteiger partial charge in [-0.3, -0.25) is 9.59 Å². The molecule has 1 aromatic carbocycles. The van der Waals surface area contributed by atoms with Gasteiger partial charge in [0.1, 0.15) is 17.4 Å². The van der Waals surface area contributed by atoms with E-state index < -0.39 is 53.8 Å². The van der Waals surface area contributed by atoms with Crippen molar-refractivity contribution in [3.05, 3.63) is 24.3 Å². The van der Waals surface area contributed by atoms with E-state index in [4.69, 9.17) is 24.1 Å². The molecule has 3 rings (SSSR count). The van der Waals surface area contributed by atoms with Crippen molar-refractivity contribution in [2.75, 3.05) is 18.5 Å². The lowest BCUT2D eigenvalue weighted by Crippen LogP contribution is -2.64. The fraction of sp³-hybridized carbons (Fsp3) is 0.591. The van der Waals surface area contributed by atoms with Crippen LogP contribution in [0.2, 0.25) is 0 Å². The lowest BCUT2D eigenvalue weighted by Gasteiger charge is -2.42. The standard InChI is InChI=1S/C22H31N3O6/c1-13(21(2,3)4)16(30-20(23)28)18(26)25-17-19(27)24-14-7-5-6-8-15(14)31-22(17)9-11-29-12-10-22/h5-8,13,16-17H,9-12H2,1-4H3,(H2,23,28)(H,24,27)(H,25,26)/t13?,16-,17+/m0/s1/i1D3. The Hall–Kier alpha value is -2.81. The van der Waals surface area contributed by atoms with Crippen molar-refractivity contribution >= 4 is 23.6 Å². The third kappa shape index (κ3) is 4.92. The number of hydrogen-bond acceptors (Lipinski definition) is 6. The lowest BCUT2D eigenvalue weighted by molar-refractivity contribution is -0.143. The molecule has 1 aromatic rings. The van der Waals surface area contributed by atoms with Gasteiger partial charge in [-0.2, -0.15) is 0 Å². The number of ether oxygens (including phenoxy) is 3. The van der Waals surface area contributed by atoms with Gasteiger partial charge in [0.15, 0.2) is 6.10 Å². The largest absolute Gasteiger partial charge is 0.482 e. The second-order valence-corrected chi connectivity index (χ2v) is 8.91. The molecule has 2 aliphatic heterocycles. The summed E-state index contributed by atoms with van der Waals surface area (Å²) in [6.07, 6.45) is -2.47. The highest BCUT2D eigenvalue weighted by molar-refractivity contribution is 6.00. The first-order valence-electron chi connectivity index (χ1n) is 11.7. The lowest BCUT2D eigenvalue weighted by atomic mass is 9.78. The molecule has 0 saturated carbocycles. The van der Waals surface area contributed by atoms with E-state index in [1.54, 1.807) is 45.0 Å². The van der Waals surface area contributed by atoms with Gasteiger partial charge in [0.2, 0.25) is 0 Å². The zero-order valence-corrected chi connectivity index (χ0v) is 17.9. The summed E-state index contributed by atoms with van der Waals surface area (Å²) in [4.78, 5) is 38.4. The quantitative estimate of drug-likeness (QED) is 0.664. The Balaban J connectivity index is 2.00. The van der Waals surface area contributed by atoms with Gasteiger partial charge in [0, 0.05) is 22.9 Å². The number of para-hydroxylation sites is 2. The molecule has 3 amide bonds. The van der Waals surface area contributed by atoms with Crippen LogP contribution in [0, 0.1) is 11.3 Å². The van der Waals surface area contributed by atoms with E-state index in [2.05, 4.69) is 10.6 Å². The van der Waals surface area contributed by atoms with E-state index in [1.165, 1.54) is 0 Å². The van der Waals surface area contributed by atoms with E-state index in [-0.39, 0.29) is 0 Å². The first-order valence-corrected chi connectivity index (χ1v) is 10.2. The molecule has 1 unspecified atom stereocenters. The maximum atomic E-state index is 13.5. The Bertz CT molecular complexity index is 927. The van der Waals surface area contributed by atoms with Crippen LogP contribution in [0.4, 0.5) is 10.5 Å². The Labute approximate surface area is 186 Å². The summed E-state index contributed by atoms with van der Waals surface area (Å²) in [5, 5.41) is 5.38. The number of primary amides is 1. The van der Waals surface area contributed by atoms with Gasteiger partial charge in [-0.25, -0.2) is 4.79 Å². The van der Waals surface area contributed by atoms with Gasteiger partial charge in [-0.1, -0.05) is 39.8 Å². The van der Waals surface area contributed by atoms with Crippen LogP contribution in [0.3, 0.4) is 0 Å². The summed E-state index contributed by atoms with van der Waals surface area (Å²) in [6.45, 7) is 2.78. The Morgan fingerprint density at radius 2 is 2.00 bits per heavy atom. The van der Waals surface area contributed by atoms with Crippen LogP contribution in [-0.4, -0.2) is 48.9 Å². The van der Waals surface area contributed by atoms with Crippen LogP contribution >= 0.6 is 0 Å². The topological polar surface area (TPSA) is 129 Å². The smallest absolute Gasteiger partial charge is 0.405 e. The number of anilines is 1. The van der Waals surface area contributed by atoms with E-state index in [0.717, 1.165) is 0 Å². The van der Waals surface area contributed by atoms with Crippen molar-refractivity contribution in [1.82, 2.24) is 5.32 Å². The van der Waals surface area contributed by atoms with Crippen LogP contribution in [0.5, 0.6) is 5.75 Å². The summed E-state index contributed by atoms with van der Waals surface area (Å²) in [5.41, 5.74) is 3.50. The van der Waals surface area contributed by atoms with Crippen LogP contribution < -0.4 is 21.1 Å². The zero-order chi connectivity index (χ0) is 25.3. The van der Waals surface area contributed by atoms with Crippen LogP contribution in [0.25, 0.3) is 0 Å². The van der Waals surface area contributed by atoms with Gasteiger partial charge in [-0.15, -0.1) is 0 Å². The van der Waals surface area contributed by atoms with Crippen LogP contribution in [0.15, 0.2) is 24.3 Å². The summed E-state index contributed by atoms with van der Waals surface area (Å²) in [6, 6.07) is 5.66. The number of fused-ring (bicyclic) bond motifs is 1. The molecule has 2 heterocycles. The first kappa shape index (κ1) is 18.9. The van der Waals surface area contributed by atoms with Crippen molar-refractivity contribution < 1.29 is 32.7 Å². The minimum absolute atomic E-state index is 0.295. The molecule has 1 spiro atoms. The average molecular weight is 437 g/mol. The second-order valence-electron chi connectivity index (χ2n) is 8.91. The predicted molar refractivity (Wildman–Crippen MR) is 113 cm³/mol.